The Labute approximate surface area is 109 Å². The normalized spacial score (nSPS) is 10.3. The number of nitro benzene ring substituents is 1. The third-order valence-corrected chi connectivity index (χ3v) is 2.48. The van der Waals surface area contributed by atoms with Crippen LogP contribution in [0.1, 0.15) is 11.1 Å². The molecule has 0 saturated heterocycles. The van der Waals surface area contributed by atoms with Crippen LogP contribution in [0.25, 0.3) is 0 Å². The van der Waals surface area contributed by atoms with Gasteiger partial charge in [0.2, 0.25) is 0 Å². The van der Waals surface area contributed by atoms with Crippen molar-refractivity contribution in [2.75, 3.05) is 0 Å². The monoisotopic (exact) mass is 251 g/mol. The Morgan fingerprint density at radius 2 is 1.84 bits per heavy atom. The number of aliphatic imine (C=N–C) groups is 1. The highest BCUT2D eigenvalue weighted by Crippen LogP contribution is 2.17. The first-order valence-electron chi connectivity index (χ1n) is 5.48. The summed E-state index contributed by atoms with van der Waals surface area (Å²) >= 11 is 0. The topological polar surface area (TPSA) is 79.3 Å². The number of hydrogen-bond acceptors (Lipinski definition) is 4. The van der Waals surface area contributed by atoms with E-state index in [1.165, 1.54) is 12.3 Å². The molecule has 0 aliphatic carbocycles. The van der Waals surface area contributed by atoms with E-state index in [2.05, 4.69) is 4.99 Å². The maximum absolute atomic E-state index is 10.8. The smallest absolute Gasteiger partial charge is 0.258 e. The zero-order valence-corrected chi connectivity index (χ0v) is 9.85. The van der Waals surface area contributed by atoms with Gasteiger partial charge in [-0.2, -0.15) is 5.26 Å². The van der Waals surface area contributed by atoms with Gasteiger partial charge in [0, 0.05) is 12.3 Å². The third-order valence-electron chi connectivity index (χ3n) is 2.48. The van der Waals surface area contributed by atoms with E-state index in [9.17, 15) is 10.1 Å². The van der Waals surface area contributed by atoms with Gasteiger partial charge < -0.3 is 0 Å². The van der Waals surface area contributed by atoms with Crippen molar-refractivity contribution < 1.29 is 4.92 Å². The molecule has 92 valence electrons. The Kier molecular flexibility index (Phi) is 3.64. The molecule has 0 fully saturated rings. The summed E-state index contributed by atoms with van der Waals surface area (Å²) in [6, 6.07) is 15.1. The molecule has 2 aromatic rings. The maximum atomic E-state index is 10.8. The molecule has 0 atom stereocenters. The zero-order chi connectivity index (χ0) is 13.7. The van der Waals surface area contributed by atoms with Gasteiger partial charge in [-0.05, 0) is 30.3 Å². The summed E-state index contributed by atoms with van der Waals surface area (Å²) < 4.78 is 0. The molecule has 5 heteroatoms. The molecule has 0 amide bonds. The van der Waals surface area contributed by atoms with Crippen molar-refractivity contribution in [1.29, 1.82) is 5.26 Å². The molecule has 0 heterocycles. The predicted molar refractivity (Wildman–Crippen MR) is 71.5 cm³/mol. The van der Waals surface area contributed by atoms with Gasteiger partial charge in [-0.3, -0.25) is 15.1 Å². The molecule has 19 heavy (non-hydrogen) atoms. The second kappa shape index (κ2) is 5.56. The number of benzene rings is 2. The first kappa shape index (κ1) is 12.5. The fraction of sp³-hybridized carbons (Fsp3) is 0. The highest BCUT2D eigenvalue weighted by molar-refractivity contribution is 5.86. The lowest BCUT2D eigenvalue weighted by Crippen LogP contribution is -1.93. The summed E-state index contributed by atoms with van der Waals surface area (Å²) in [6.07, 6.45) is 1.44. The van der Waals surface area contributed by atoms with Gasteiger partial charge >= 0.3 is 0 Å². The van der Waals surface area contributed by atoms with Crippen LogP contribution in [0.4, 0.5) is 11.4 Å². The van der Waals surface area contributed by atoms with Gasteiger partial charge in [-0.15, -0.1) is 0 Å². The molecule has 2 rings (SSSR count). The second-order valence-electron chi connectivity index (χ2n) is 3.73. The third kappa shape index (κ3) is 3.01. The van der Waals surface area contributed by atoms with Crippen LogP contribution in [0.3, 0.4) is 0 Å². The highest BCUT2D eigenvalue weighted by atomic mass is 16.6. The summed E-state index contributed by atoms with van der Waals surface area (Å²) in [5.74, 6) is 0. The molecule has 0 unspecified atom stereocenters. The molecule has 0 spiro atoms. The summed E-state index contributed by atoms with van der Waals surface area (Å²) in [5, 5.41) is 19.5. The number of hydrogen-bond donors (Lipinski definition) is 0. The maximum Gasteiger partial charge on any atom is 0.278 e. The van der Waals surface area contributed by atoms with Gasteiger partial charge in [-0.1, -0.05) is 12.1 Å². The molecule has 0 N–H and O–H groups in total. The molecule has 0 saturated carbocycles. The van der Waals surface area contributed by atoms with E-state index in [1.54, 1.807) is 42.5 Å². The van der Waals surface area contributed by atoms with Gasteiger partial charge in [0.1, 0.15) is 0 Å². The number of nitriles is 1. The van der Waals surface area contributed by atoms with Crippen molar-refractivity contribution in [2.45, 2.75) is 0 Å². The van der Waals surface area contributed by atoms with Crippen LogP contribution < -0.4 is 0 Å². The van der Waals surface area contributed by atoms with Crippen LogP contribution in [0, 0.1) is 21.4 Å². The molecule has 0 aliphatic heterocycles. The van der Waals surface area contributed by atoms with E-state index in [1.807, 2.05) is 6.07 Å². The largest absolute Gasteiger partial charge is 0.278 e. The van der Waals surface area contributed by atoms with E-state index >= 15 is 0 Å². The first-order valence-corrected chi connectivity index (χ1v) is 5.48. The van der Waals surface area contributed by atoms with Gasteiger partial charge in [0.15, 0.2) is 0 Å². The average molecular weight is 251 g/mol. The van der Waals surface area contributed by atoms with E-state index < -0.39 is 4.92 Å². The fourth-order valence-electron chi connectivity index (χ4n) is 1.53. The van der Waals surface area contributed by atoms with Crippen molar-refractivity contribution >= 4 is 17.6 Å². The fourth-order valence-corrected chi connectivity index (χ4v) is 1.53. The van der Waals surface area contributed by atoms with E-state index in [0.717, 1.165) is 0 Å². The van der Waals surface area contributed by atoms with Crippen molar-refractivity contribution in [1.82, 2.24) is 0 Å². The van der Waals surface area contributed by atoms with Crippen molar-refractivity contribution in [3.8, 4) is 6.07 Å². The number of nitro groups is 1. The lowest BCUT2D eigenvalue weighted by Gasteiger charge is -1.96. The Morgan fingerprint density at radius 1 is 1.16 bits per heavy atom. The molecule has 0 radical (unpaired) electrons. The van der Waals surface area contributed by atoms with Crippen molar-refractivity contribution in [3.05, 3.63) is 69.8 Å². The molecule has 0 bridgehead atoms. The van der Waals surface area contributed by atoms with E-state index in [0.29, 0.717) is 16.8 Å². The van der Waals surface area contributed by atoms with Crippen LogP contribution in [0.15, 0.2) is 53.5 Å². The van der Waals surface area contributed by atoms with Crippen LogP contribution in [-0.2, 0) is 0 Å². The lowest BCUT2D eigenvalue weighted by atomic mass is 10.2. The summed E-state index contributed by atoms with van der Waals surface area (Å²) in [6.45, 7) is 0. The highest BCUT2D eigenvalue weighted by Gasteiger charge is 2.09. The Morgan fingerprint density at radius 3 is 2.47 bits per heavy atom. The number of para-hydroxylation sites is 1. The van der Waals surface area contributed by atoms with Crippen LogP contribution >= 0.6 is 0 Å². The van der Waals surface area contributed by atoms with E-state index in [-0.39, 0.29) is 5.69 Å². The molecule has 2 aromatic carbocycles. The predicted octanol–water partition coefficient (Wildman–Crippen LogP) is 3.22. The minimum Gasteiger partial charge on any atom is -0.258 e. The molecule has 0 aliphatic rings. The van der Waals surface area contributed by atoms with Crippen LogP contribution in [0.5, 0.6) is 0 Å². The Balaban J connectivity index is 2.27. The molecular formula is C14H9N3O2. The second-order valence-corrected chi connectivity index (χ2v) is 3.73. The summed E-state index contributed by atoms with van der Waals surface area (Å²) in [5.41, 5.74) is 1.64. The zero-order valence-electron chi connectivity index (χ0n) is 9.85. The van der Waals surface area contributed by atoms with Crippen LogP contribution in [-0.4, -0.2) is 11.1 Å². The number of nitrogens with zero attached hydrogens (tertiary/aromatic N) is 3. The van der Waals surface area contributed by atoms with Crippen LogP contribution in [0.2, 0.25) is 0 Å². The summed E-state index contributed by atoms with van der Waals surface area (Å²) in [7, 11) is 0. The quantitative estimate of drug-likeness (QED) is 0.477. The molecule has 5 nitrogen and oxygen atoms in total. The SMILES string of the molecule is N#Cc1ccc(N=Cc2ccccc2[N+](=O)[O-])cc1. The van der Waals surface area contributed by atoms with E-state index in [4.69, 9.17) is 5.26 Å². The standard InChI is InChI=1S/C14H9N3O2/c15-9-11-5-7-13(8-6-11)16-10-12-3-1-2-4-14(12)17(18)19/h1-8,10H. The molecule has 0 aromatic heterocycles. The summed E-state index contributed by atoms with van der Waals surface area (Å²) in [4.78, 5) is 14.5. The minimum atomic E-state index is -0.444. The lowest BCUT2D eigenvalue weighted by molar-refractivity contribution is -0.385. The Hall–Kier alpha value is -3.00. The van der Waals surface area contributed by atoms with Crippen molar-refractivity contribution in [3.63, 3.8) is 0 Å². The Bertz CT molecular complexity index is 670. The first-order chi connectivity index (χ1) is 9.20. The average Bonchev–Trinajstić information content (AvgIpc) is 2.46. The van der Waals surface area contributed by atoms with Gasteiger partial charge in [0.25, 0.3) is 5.69 Å². The molecular weight excluding hydrogens is 242 g/mol. The van der Waals surface area contributed by atoms with Gasteiger partial charge in [-0.25, -0.2) is 0 Å². The number of rotatable bonds is 3. The van der Waals surface area contributed by atoms with Crippen molar-refractivity contribution in [2.24, 2.45) is 4.99 Å². The minimum absolute atomic E-state index is 0.0138. The van der Waals surface area contributed by atoms with Gasteiger partial charge in [0.05, 0.1) is 27.8 Å².